The zero-order valence-corrected chi connectivity index (χ0v) is 18.5. The Labute approximate surface area is 171 Å². The average Bonchev–Trinajstić information content (AvgIpc) is 2.32. The highest BCUT2D eigenvalue weighted by atomic mass is 127. The van der Waals surface area contributed by atoms with E-state index >= 15 is 0 Å². The van der Waals surface area contributed by atoms with Gasteiger partial charge in [0.15, 0.2) is 0 Å². The van der Waals surface area contributed by atoms with Gasteiger partial charge in [-0.2, -0.15) is 5.06 Å². The maximum atomic E-state index is 11.7. The van der Waals surface area contributed by atoms with E-state index in [4.69, 9.17) is 28.0 Å². The van der Waals surface area contributed by atoms with Gasteiger partial charge in [0.1, 0.15) is 5.69 Å². The molecule has 10 heteroatoms. The fraction of sp³-hybridized carbons (Fsp3) is 0.182. The van der Waals surface area contributed by atoms with Crippen molar-refractivity contribution in [1.82, 2.24) is 0 Å². The van der Waals surface area contributed by atoms with E-state index in [1.807, 2.05) is 67.8 Å². The Morgan fingerprint density at radius 2 is 1.33 bits per heavy atom. The molecular weight excluding hydrogens is 662 g/mol. The Bertz CT molecular complexity index is 610. The van der Waals surface area contributed by atoms with Gasteiger partial charge in [-0.15, -0.1) is 0 Å². The molecule has 0 saturated heterocycles. The van der Waals surface area contributed by atoms with Crippen LogP contribution in [-0.4, -0.2) is 23.5 Å². The van der Waals surface area contributed by atoms with Crippen LogP contribution in [-0.2, 0) is 9.63 Å². The van der Waals surface area contributed by atoms with E-state index in [1.54, 1.807) is 0 Å². The van der Waals surface area contributed by atoms with Crippen molar-refractivity contribution in [3.63, 3.8) is 0 Å². The van der Waals surface area contributed by atoms with Gasteiger partial charge in [-0.1, -0.05) is 0 Å². The van der Waals surface area contributed by atoms with Crippen molar-refractivity contribution in [1.29, 1.82) is 0 Å². The first-order chi connectivity index (χ1) is 9.64. The molecule has 0 aliphatic carbocycles. The highest BCUT2D eigenvalue weighted by Gasteiger charge is 2.30. The lowest BCUT2D eigenvalue weighted by atomic mass is 10.1. The van der Waals surface area contributed by atoms with Gasteiger partial charge in [0.25, 0.3) is 10.5 Å². The molecule has 5 nitrogen and oxygen atoms in total. The number of halogens is 5. The van der Waals surface area contributed by atoms with Crippen LogP contribution in [0.5, 0.6) is 0 Å². The molecule has 0 unspecified atom stereocenters. The summed E-state index contributed by atoms with van der Waals surface area (Å²) >= 11 is 16.8. The molecule has 1 rings (SSSR count). The van der Waals surface area contributed by atoms with Crippen LogP contribution in [0.15, 0.2) is 0 Å². The molecule has 114 valence electrons. The monoisotopic (exact) mass is 667 g/mol. The molecule has 0 spiro atoms. The third-order valence-electron chi connectivity index (χ3n) is 2.36. The second-order valence-electron chi connectivity index (χ2n) is 3.58. The number of hydrogen-bond donors (Lipinski definition) is 0. The van der Waals surface area contributed by atoms with Gasteiger partial charge in [-0.25, -0.2) is 0 Å². The summed E-state index contributed by atoms with van der Waals surface area (Å²) in [6, 6.07) is 0. The van der Waals surface area contributed by atoms with Crippen LogP contribution >= 0.6 is 91.0 Å². The zero-order valence-electron chi connectivity index (χ0n) is 10.5. The fourth-order valence-corrected chi connectivity index (χ4v) is 7.15. The highest BCUT2D eigenvalue weighted by molar-refractivity contribution is 14.1. The minimum atomic E-state index is -0.750. The zero-order chi connectivity index (χ0) is 16.5. The second-order valence-corrected chi connectivity index (χ2v) is 7.51. The summed E-state index contributed by atoms with van der Waals surface area (Å²) in [5.74, 6) is -0.421. The van der Waals surface area contributed by atoms with Crippen LogP contribution in [0.3, 0.4) is 0 Å². The van der Waals surface area contributed by atoms with Crippen LogP contribution < -0.4 is 5.06 Å². The highest BCUT2D eigenvalue weighted by Crippen LogP contribution is 2.39. The number of anilines is 1. The lowest BCUT2D eigenvalue weighted by molar-refractivity contribution is -0.122. The Morgan fingerprint density at radius 1 is 0.952 bits per heavy atom. The van der Waals surface area contributed by atoms with Crippen LogP contribution in [0.4, 0.5) is 5.69 Å². The summed E-state index contributed by atoms with van der Waals surface area (Å²) in [6.07, 6.45) is 0. The smallest absolute Gasteiger partial charge is 0.254 e. The molecule has 0 radical (unpaired) electrons. The number of nitrogens with zero attached hydrogens (tertiary/aromatic N) is 1. The predicted octanol–water partition coefficient (Wildman–Crippen LogP) is 4.17. The fourth-order valence-electron chi connectivity index (χ4n) is 1.55. The van der Waals surface area contributed by atoms with E-state index in [9.17, 15) is 14.4 Å². The third-order valence-corrected chi connectivity index (χ3v) is 5.92. The molecule has 0 bridgehead atoms. The van der Waals surface area contributed by atoms with Gasteiger partial charge in [-0.05, 0) is 91.0 Å². The maximum Gasteiger partial charge on any atom is 0.254 e. The number of amides is 1. The first kappa shape index (κ1) is 19.8. The van der Waals surface area contributed by atoms with E-state index in [2.05, 4.69) is 0 Å². The molecule has 0 N–H and O–H groups in total. The quantitative estimate of drug-likeness (QED) is 0.275. The van der Waals surface area contributed by atoms with E-state index in [1.165, 1.54) is 14.0 Å². The largest absolute Gasteiger partial charge is 0.276 e. The van der Waals surface area contributed by atoms with Gasteiger partial charge in [0, 0.05) is 10.5 Å². The summed E-state index contributed by atoms with van der Waals surface area (Å²) < 4.78 is 1.14. The molecule has 0 fully saturated rings. The van der Waals surface area contributed by atoms with Crippen LogP contribution in [0.25, 0.3) is 0 Å². The summed E-state index contributed by atoms with van der Waals surface area (Å²) in [5.41, 5.74) is 0.487. The van der Waals surface area contributed by atoms with Gasteiger partial charge >= 0.3 is 0 Å². The average molecular weight is 668 g/mol. The number of rotatable bonds is 4. The maximum absolute atomic E-state index is 11.7. The van der Waals surface area contributed by atoms with Crippen LogP contribution in [0, 0.1) is 10.7 Å². The van der Waals surface area contributed by atoms with E-state index in [-0.39, 0.29) is 16.8 Å². The third kappa shape index (κ3) is 4.00. The summed E-state index contributed by atoms with van der Waals surface area (Å²) in [6.45, 7) is 1.29. The Balaban J connectivity index is 3.92. The molecule has 1 aromatic carbocycles. The summed E-state index contributed by atoms with van der Waals surface area (Å²) in [5, 5.41) is -0.521. The lowest BCUT2D eigenvalue weighted by Gasteiger charge is -2.23. The molecule has 1 amide bonds. The van der Waals surface area contributed by atoms with Crippen molar-refractivity contribution >= 4 is 113 Å². The van der Waals surface area contributed by atoms with Crippen molar-refractivity contribution in [2.45, 2.75) is 6.92 Å². The Kier molecular flexibility index (Phi) is 7.58. The number of benzene rings is 1. The molecule has 0 aromatic heterocycles. The lowest BCUT2D eigenvalue weighted by Crippen LogP contribution is -2.30. The number of carbonyl (C=O) groups is 3. The second kappa shape index (κ2) is 8.04. The SMILES string of the molecule is CON(C(C)=O)c1c(I)c(C(=O)Cl)c(I)c(C(=O)Cl)c1I. The van der Waals surface area contributed by atoms with Gasteiger partial charge in [0.2, 0.25) is 5.91 Å². The van der Waals surface area contributed by atoms with E-state index < -0.39 is 16.4 Å². The van der Waals surface area contributed by atoms with Gasteiger partial charge < -0.3 is 0 Å². The molecule has 0 aliphatic heterocycles. The van der Waals surface area contributed by atoms with Gasteiger partial charge in [-0.3, -0.25) is 19.2 Å². The van der Waals surface area contributed by atoms with Crippen molar-refractivity contribution in [2.75, 3.05) is 12.2 Å². The van der Waals surface area contributed by atoms with Gasteiger partial charge in [0.05, 0.1) is 25.4 Å². The number of hydrogen-bond acceptors (Lipinski definition) is 4. The van der Waals surface area contributed by atoms with E-state index in [0.29, 0.717) is 10.7 Å². The normalized spacial score (nSPS) is 10.4. The standard InChI is InChI=1S/C11H6Cl2I3NO4/c1-3(18)17(21-2)9-7(15)4(10(12)19)6(14)5(8(9)16)11(13)20/h1-2H3. The minimum Gasteiger partial charge on any atom is -0.276 e. The molecule has 1 aromatic rings. The summed E-state index contributed by atoms with van der Waals surface area (Å²) in [4.78, 5) is 40.0. The van der Waals surface area contributed by atoms with E-state index in [0.717, 1.165) is 5.06 Å². The van der Waals surface area contributed by atoms with Crippen LogP contribution in [0.2, 0.25) is 0 Å². The molecule has 0 atom stereocenters. The van der Waals surface area contributed by atoms with Crippen LogP contribution in [0.1, 0.15) is 27.6 Å². The topological polar surface area (TPSA) is 63.7 Å². The minimum absolute atomic E-state index is 0.112. The predicted molar refractivity (Wildman–Crippen MR) is 105 cm³/mol. The summed E-state index contributed by atoms with van der Waals surface area (Å²) in [7, 11) is 1.30. The Morgan fingerprint density at radius 3 is 1.57 bits per heavy atom. The molecule has 21 heavy (non-hydrogen) atoms. The molecule has 0 heterocycles. The molecular formula is C11H6Cl2I3NO4. The van der Waals surface area contributed by atoms with Crippen molar-refractivity contribution in [2.24, 2.45) is 0 Å². The Hall–Kier alpha value is 0.760. The first-order valence-corrected chi connectivity index (χ1v) is 9.09. The first-order valence-electron chi connectivity index (χ1n) is 5.10. The number of hydroxylamine groups is 1. The van der Waals surface area contributed by atoms with Crippen molar-refractivity contribution in [3.8, 4) is 0 Å². The van der Waals surface area contributed by atoms with Crippen molar-refractivity contribution < 1.29 is 19.2 Å². The number of carbonyl (C=O) groups excluding carboxylic acids is 3. The molecule has 0 saturated carbocycles. The molecule has 0 aliphatic rings. The van der Waals surface area contributed by atoms with Crippen molar-refractivity contribution in [3.05, 3.63) is 21.8 Å².